The molecule has 0 spiro atoms. The first-order valence-electron chi connectivity index (χ1n) is 16.7. The summed E-state index contributed by atoms with van der Waals surface area (Å²) in [7, 11) is 4.96. The zero-order valence-electron chi connectivity index (χ0n) is 30.5. The standard InChI is InChI=1S/C25H36N2O4S.C8H8F3NS.C2H6O.C2H6/c1-19(2)16-27(32-22-13-9-4-5-10-14-22)17-24(29)23(15-21-11-7-6-8-12-21)26-25(30)20(3)31-18-28;1-12-6-2-4-7(5-3-6)13-8(9,10)11;1-3-2;1-2/h4,6-9,11-13,18-20,23-24,29H,5,10,14-17H2,1-3H3,(H,26,30);2-5,12H,1H3;1-2H3;1-2H3. The van der Waals surface area contributed by atoms with Crippen molar-refractivity contribution in [3.63, 3.8) is 0 Å². The minimum Gasteiger partial charge on any atom is -0.455 e. The highest BCUT2D eigenvalue weighted by atomic mass is 32.2. The summed E-state index contributed by atoms with van der Waals surface area (Å²) in [6.07, 6.45) is 8.43. The van der Waals surface area contributed by atoms with Crippen LogP contribution in [0.3, 0.4) is 0 Å². The van der Waals surface area contributed by atoms with E-state index < -0.39 is 29.7 Å². The van der Waals surface area contributed by atoms with E-state index in [9.17, 15) is 27.9 Å². The van der Waals surface area contributed by atoms with Crippen molar-refractivity contribution in [3.05, 3.63) is 83.3 Å². The van der Waals surface area contributed by atoms with Crippen LogP contribution in [0.1, 0.15) is 59.4 Å². The Kier molecular flexibility index (Phi) is 26.1. The molecule has 1 aliphatic rings. The molecule has 13 heteroatoms. The second kappa shape index (κ2) is 27.7. The molecule has 0 bridgehead atoms. The number of nitrogens with one attached hydrogen (secondary N) is 2. The molecule has 0 saturated carbocycles. The highest BCUT2D eigenvalue weighted by molar-refractivity contribution is 8.00. The van der Waals surface area contributed by atoms with Gasteiger partial charge in [0.15, 0.2) is 6.10 Å². The van der Waals surface area contributed by atoms with Crippen molar-refractivity contribution < 1.29 is 37.3 Å². The van der Waals surface area contributed by atoms with Gasteiger partial charge in [-0.2, -0.15) is 13.2 Å². The highest BCUT2D eigenvalue weighted by Crippen LogP contribution is 2.37. The molecule has 0 aliphatic heterocycles. The van der Waals surface area contributed by atoms with Gasteiger partial charge in [0.2, 0.25) is 0 Å². The van der Waals surface area contributed by atoms with Crippen LogP contribution in [0.4, 0.5) is 18.9 Å². The van der Waals surface area contributed by atoms with Crippen molar-refractivity contribution in [2.75, 3.05) is 39.7 Å². The Morgan fingerprint density at radius 2 is 1.66 bits per heavy atom. The summed E-state index contributed by atoms with van der Waals surface area (Å²) in [6, 6.07) is 15.3. The number of carbonyl (C=O) groups is 2. The summed E-state index contributed by atoms with van der Waals surface area (Å²) in [5.41, 5.74) is -2.40. The van der Waals surface area contributed by atoms with Crippen LogP contribution in [0, 0.1) is 5.92 Å². The monoisotopic (exact) mass is 743 g/mol. The van der Waals surface area contributed by atoms with Crippen LogP contribution in [-0.2, 0) is 25.5 Å². The van der Waals surface area contributed by atoms with E-state index in [0.717, 1.165) is 37.1 Å². The predicted molar refractivity (Wildman–Crippen MR) is 202 cm³/mol. The normalized spacial score (nSPS) is 14.2. The van der Waals surface area contributed by atoms with E-state index >= 15 is 0 Å². The van der Waals surface area contributed by atoms with Gasteiger partial charge in [0.1, 0.15) is 0 Å². The molecule has 0 radical (unpaired) electrons. The predicted octanol–water partition coefficient (Wildman–Crippen LogP) is 8.50. The van der Waals surface area contributed by atoms with Crippen LogP contribution in [0.2, 0.25) is 0 Å². The zero-order chi connectivity index (χ0) is 38.0. The van der Waals surface area contributed by atoms with E-state index in [4.69, 9.17) is 4.74 Å². The van der Waals surface area contributed by atoms with Gasteiger partial charge in [0.05, 0.1) is 12.1 Å². The molecule has 3 unspecified atom stereocenters. The second-order valence-electron chi connectivity index (χ2n) is 11.3. The molecule has 50 heavy (non-hydrogen) atoms. The van der Waals surface area contributed by atoms with Gasteiger partial charge in [-0.15, -0.1) is 0 Å². The second-order valence-corrected chi connectivity index (χ2v) is 13.6. The third-order valence-corrected chi connectivity index (χ3v) is 8.38. The van der Waals surface area contributed by atoms with Crippen molar-refractivity contribution >= 4 is 41.8 Å². The van der Waals surface area contributed by atoms with Gasteiger partial charge in [0, 0.05) is 49.8 Å². The number of thioether (sulfide) groups is 1. The number of hydrogen-bond acceptors (Lipinski definition) is 9. The van der Waals surface area contributed by atoms with E-state index in [0.29, 0.717) is 18.9 Å². The number of carbonyl (C=O) groups excluding carboxylic acids is 2. The first-order chi connectivity index (χ1) is 23.8. The molecule has 282 valence electrons. The van der Waals surface area contributed by atoms with Crippen LogP contribution < -0.4 is 10.6 Å². The number of amides is 1. The minimum absolute atomic E-state index is 0.108. The number of halogens is 3. The summed E-state index contributed by atoms with van der Waals surface area (Å²) in [5, 5.41) is 16.9. The lowest BCUT2D eigenvalue weighted by molar-refractivity contribution is -0.144. The van der Waals surface area contributed by atoms with E-state index in [-0.39, 0.29) is 23.1 Å². The molecule has 3 rings (SSSR count). The Labute approximate surface area is 305 Å². The van der Waals surface area contributed by atoms with E-state index in [1.54, 1.807) is 45.3 Å². The molecule has 3 atom stereocenters. The Hall–Kier alpha value is -2.97. The van der Waals surface area contributed by atoms with Gasteiger partial charge in [-0.1, -0.05) is 76.3 Å². The molecule has 0 heterocycles. The maximum absolute atomic E-state index is 12.5. The summed E-state index contributed by atoms with van der Waals surface area (Å²) in [6.45, 7) is 11.3. The third-order valence-electron chi connectivity index (χ3n) is 6.51. The Morgan fingerprint density at radius 1 is 1.04 bits per heavy atom. The van der Waals surface area contributed by atoms with E-state index in [2.05, 4.69) is 51.8 Å². The van der Waals surface area contributed by atoms with Crippen molar-refractivity contribution in [2.24, 2.45) is 5.92 Å². The topological polar surface area (TPSA) is 100 Å². The maximum Gasteiger partial charge on any atom is 0.446 e. The van der Waals surface area contributed by atoms with Crippen molar-refractivity contribution in [2.45, 2.75) is 89.0 Å². The first-order valence-corrected chi connectivity index (χ1v) is 18.2. The summed E-state index contributed by atoms with van der Waals surface area (Å²) < 4.78 is 46.8. The number of alkyl halides is 3. The summed E-state index contributed by atoms with van der Waals surface area (Å²) in [4.78, 5) is 24.6. The number of methoxy groups -OCH3 is 1. The number of anilines is 1. The van der Waals surface area contributed by atoms with Crippen LogP contribution in [0.25, 0.3) is 0 Å². The fourth-order valence-corrected chi connectivity index (χ4v) is 6.15. The number of benzene rings is 2. The molecule has 1 amide bonds. The average molecular weight is 744 g/mol. The maximum atomic E-state index is 12.5. The number of ether oxygens (including phenoxy) is 2. The molecule has 0 aromatic heterocycles. The SMILES string of the molecule is CC.CC(C)CN(CC(O)C(Cc1ccccc1)NC(=O)C(C)OC=O)SC1=CC=CCCC1.CNc1ccc(SC(F)(F)F)cc1.COC. The van der Waals surface area contributed by atoms with Gasteiger partial charge in [-0.25, -0.2) is 4.31 Å². The van der Waals surface area contributed by atoms with E-state index in [1.165, 1.54) is 24.0 Å². The molecule has 0 saturated heterocycles. The molecule has 2 aromatic rings. The molecule has 0 fully saturated rings. The number of allylic oxidation sites excluding steroid dienone is 4. The molecule has 1 aliphatic carbocycles. The molecular formula is C37H56F3N3O5S2. The fraction of sp³-hybridized carbons (Fsp3) is 0.514. The number of aliphatic hydroxyl groups excluding tert-OH is 1. The van der Waals surface area contributed by atoms with Crippen LogP contribution in [0.15, 0.2) is 82.6 Å². The number of nitrogens with zero attached hydrogens (tertiary/aromatic N) is 1. The van der Waals surface area contributed by atoms with Gasteiger partial charge < -0.3 is 25.2 Å². The smallest absolute Gasteiger partial charge is 0.446 e. The molecule has 3 N–H and O–H groups in total. The van der Waals surface area contributed by atoms with Crippen molar-refractivity contribution in [3.8, 4) is 0 Å². The number of hydrogen-bond donors (Lipinski definition) is 3. The lowest BCUT2D eigenvalue weighted by atomic mass is 10.0. The molecule has 8 nitrogen and oxygen atoms in total. The quantitative estimate of drug-likeness (QED) is 0.0943. The summed E-state index contributed by atoms with van der Waals surface area (Å²) >= 11 is 1.58. The average Bonchev–Trinajstić information content (AvgIpc) is 3.34. The van der Waals surface area contributed by atoms with Crippen molar-refractivity contribution in [1.82, 2.24) is 9.62 Å². The Balaban J connectivity index is 0.00000110. The minimum atomic E-state index is -4.21. The highest BCUT2D eigenvalue weighted by Gasteiger charge is 2.29. The van der Waals surface area contributed by atoms with Crippen molar-refractivity contribution in [1.29, 1.82) is 0 Å². The first kappa shape index (κ1) is 47.0. The Morgan fingerprint density at radius 3 is 2.20 bits per heavy atom. The fourth-order valence-electron chi connectivity index (χ4n) is 4.30. The van der Waals surface area contributed by atoms with E-state index in [1.807, 2.05) is 44.2 Å². The molecule has 2 aromatic carbocycles. The van der Waals surface area contributed by atoms with Gasteiger partial charge in [0.25, 0.3) is 12.4 Å². The third kappa shape index (κ3) is 22.7. The zero-order valence-corrected chi connectivity index (χ0v) is 32.2. The van der Waals surface area contributed by atoms with Gasteiger partial charge in [-0.3, -0.25) is 9.59 Å². The largest absolute Gasteiger partial charge is 0.455 e. The number of aliphatic hydroxyl groups is 1. The lowest BCUT2D eigenvalue weighted by Gasteiger charge is -2.31. The van der Waals surface area contributed by atoms with Gasteiger partial charge in [-0.05, 0) is 92.1 Å². The summed E-state index contributed by atoms with van der Waals surface area (Å²) in [5.74, 6) is 0.0107. The Bertz CT molecular complexity index is 1230. The number of rotatable bonds is 15. The van der Waals surface area contributed by atoms with Gasteiger partial charge >= 0.3 is 5.51 Å². The lowest BCUT2D eigenvalue weighted by Crippen LogP contribution is -2.51. The van der Waals surface area contributed by atoms with Crippen LogP contribution >= 0.6 is 23.7 Å². The van der Waals surface area contributed by atoms with Crippen LogP contribution in [0.5, 0.6) is 0 Å². The molecular weight excluding hydrogens is 688 g/mol. The van der Waals surface area contributed by atoms with Crippen LogP contribution in [-0.4, -0.2) is 79.9 Å².